The third-order valence-corrected chi connectivity index (χ3v) is 6.51. The van der Waals surface area contributed by atoms with Crippen LogP contribution in [0.1, 0.15) is 96.9 Å². The summed E-state index contributed by atoms with van der Waals surface area (Å²) in [5, 5.41) is 44.9. The molecule has 3 rings (SSSR count). The Morgan fingerprint density at radius 3 is 1.71 bits per heavy atom. The molecule has 4 N–H and O–H groups in total. The van der Waals surface area contributed by atoms with E-state index >= 15 is 0 Å². The van der Waals surface area contributed by atoms with E-state index < -0.39 is 11.9 Å². The first-order chi connectivity index (χ1) is 16.4. The smallest absolute Gasteiger partial charge is 0.201 e. The number of hydrogen-bond donors (Lipinski definition) is 4. The molecule has 1 atom stereocenters. The van der Waals surface area contributed by atoms with Gasteiger partial charge in [0, 0.05) is 22.3 Å². The molecule has 0 fully saturated rings. The summed E-state index contributed by atoms with van der Waals surface area (Å²) in [6.07, 6.45) is 5.50. The fourth-order valence-electron chi connectivity index (χ4n) is 4.65. The first kappa shape index (κ1) is 26.3. The third kappa shape index (κ3) is 4.92. The maximum Gasteiger partial charge on any atom is 0.201 e. The molecule has 2 aromatic carbocycles. The molecule has 0 saturated heterocycles. The first-order valence-electron chi connectivity index (χ1n) is 11.9. The van der Waals surface area contributed by atoms with Gasteiger partial charge in [-0.05, 0) is 84.9 Å². The van der Waals surface area contributed by atoms with Crippen molar-refractivity contribution in [2.75, 3.05) is 0 Å². The van der Waals surface area contributed by atoms with Crippen molar-refractivity contribution in [1.82, 2.24) is 0 Å². The fraction of sp³-hybridized carbons (Fsp3) is 0.367. The Labute approximate surface area is 207 Å². The number of carbonyl (C=O) groups is 1. The predicted molar refractivity (Wildman–Crippen MR) is 140 cm³/mol. The molecule has 0 bridgehead atoms. The van der Waals surface area contributed by atoms with Gasteiger partial charge in [0.2, 0.25) is 5.78 Å². The normalized spacial score (nSPS) is 14.2. The molecule has 1 aliphatic carbocycles. The second kappa shape index (κ2) is 10.1. The topological polar surface area (TPSA) is 98.0 Å². The number of aryl methyl sites for hydroxylation is 1. The lowest BCUT2D eigenvalue weighted by Gasteiger charge is -2.31. The number of phenols is 3. The summed E-state index contributed by atoms with van der Waals surface area (Å²) in [4.78, 5) is 13.8. The average molecular weight is 477 g/mol. The van der Waals surface area contributed by atoms with Gasteiger partial charge in [-0.3, -0.25) is 4.79 Å². The minimum Gasteiger partial charge on any atom is -0.507 e. The lowest BCUT2D eigenvalue weighted by atomic mass is 9.74. The van der Waals surface area contributed by atoms with Gasteiger partial charge in [-0.15, -0.1) is 0 Å². The Kier molecular flexibility index (Phi) is 7.61. The van der Waals surface area contributed by atoms with Crippen LogP contribution in [0.3, 0.4) is 0 Å². The minimum atomic E-state index is -1.29. The lowest BCUT2D eigenvalue weighted by molar-refractivity contribution is 0.101. The molecule has 0 amide bonds. The third-order valence-electron chi connectivity index (χ3n) is 6.51. The van der Waals surface area contributed by atoms with Crippen LogP contribution in [0.5, 0.6) is 17.2 Å². The van der Waals surface area contributed by atoms with E-state index in [1.165, 1.54) is 6.07 Å². The number of carbonyl (C=O) groups excluding carboxylic acids is 1. The number of benzene rings is 2. The molecule has 0 spiro atoms. The molecule has 0 heterocycles. The van der Waals surface area contributed by atoms with Gasteiger partial charge >= 0.3 is 0 Å². The molecule has 0 saturated carbocycles. The monoisotopic (exact) mass is 476 g/mol. The maximum atomic E-state index is 13.8. The van der Waals surface area contributed by atoms with E-state index in [2.05, 4.69) is 0 Å². The molecular formula is C30H36O5. The zero-order valence-electron chi connectivity index (χ0n) is 21.7. The van der Waals surface area contributed by atoms with Crippen LogP contribution in [-0.4, -0.2) is 26.2 Å². The van der Waals surface area contributed by atoms with E-state index in [9.17, 15) is 25.2 Å². The molecule has 0 radical (unpaired) electrons. The zero-order chi connectivity index (χ0) is 26.2. The fourth-order valence-corrected chi connectivity index (χ4v) is 4.65. The Hall–Kier alpha value is -3.31. The van der Waals surface area contributed by atoms with Crippen molar-refractivity contribution < 1.29 is 25.2 Å². The van der Waals surface area contributed by atoms with Crippen LogP contribution in [0.15, 0.2) is 41.0 Å². The number of allylic oxidation sites excluding steroid dienone is 6. The van der Waals surface area contributed by atoms with Gasteiger partial charge < -0.3 is 20.4 Å². The number of rotatable bonds is 6. The van der Waals surface area contributed by atoms with Crippen molar-refractivity contribution in [3.63, 3.8) is 0 Å². The second-order valence-corrected chi connectivity index (χ2v) is 10.1. The van der Waals surface area contributed by atoms with Gasteiger partial charge in [-0.2, -0.15) is 0 Å². The Morgan fingerprint density at radius 1 is 0.743 bits per heavy atom. The molecule has 1 aliphatic rings. The summed E-state index contributed by atoms with van der Waals surface area (Å²) >= 11 is 0. The molecule has 5 heteroatoms. The molecule has 5 nitrogen and oxygen atoms in total. The highest BCUT2D eigenvalue weighted by molar-refractivity contribution is 6.16. The summed E-state index contributed by atoms with van der Waals surface area (Å²) in [7, 11) is 0. The van der Waals surface area contributed by atoms with Crippen molar-refractivity contribution in [3.05, 3.63) is 85.5 Å². The highest BCUT2D eigenvalue weighted by Gasteiger charge is 2.40. The first-order valence-corrected chi connectivity index (χ1v) is 11.9. The largest absolute Gasteiger partial charge is 0.507 e. The van der Waals surface area contributed by atoms with Crippen molar-refractivity contribution in [2.45, 2.75) is 73.8 Å². The predicted octanol–water partition coefficient (Wildman–Crippen LogP) is 6.26. The van der Waals surface area contributed by atoms with Gasteiger partial charge in [0.25, 0.3) is 0 Å². The molecule has 35 heavy (non-hydrogen) atoms. The van der Waals surface area contributed by atoms with Crippen LogP contribution in [-0.2, 0) is 19.3 Å². The molecular weight excluding hydrogens is 440 g/mol. The summed E-state index contributed by atoms with van der Waals surface area (Å²) in [5.41, 5.74) is 5.78. The van der Waals surface area contributed by atoms with E-state index in [0.717, 1.165) is 27.8 Å². The van der Waals surface area contributed by atoms with E-state index in [1.807, 2.05) is 66.7 Å². The maximum absolute atomic E-state index is 13.8. The summed E-state index contributed by atoms with van der Waals surface area (Å²) in [6.45, 7) is 13.5. The quantitative estimate of drug-likeness (QED) is 0.369. The van der Waals surface area contributed by atoms with Crippen molar-refractivity contribution >= 4 is 5.78 Å². The van der Waals surface area contributed by atoms with Crippen LogP contribution in [0.2, 0.25) is 0 Å². The number of fused-ring (bicyclic) bond motifs is 2. The molecule has 0 aliphatic heterocycles. The van der Waals surface area contributed by atoms with E-state index in [0.29, 0.717) is 24.0 Å². The highest BCUT2D eigenvalue weighted by Crippen LogP contribution is 2.50. The van der Waals surface area contributed by atoms with Gasteiger partial charge in [-0.25, -0.2) is 0 Å². The number of aliphatic hydroxyl groups is 1. The van der Waals surface area contributed by atoms with Gasteiger partial charge in [0.05, 0.1) is 11.1 Å². The van der Waals surface area contributed by atoms with Gasteiger partial charge in [0.1, 0.15) is 23.4 Å². The number of hydrogen-bond acceptors (Lipinski definition) is 5. The van der Waals surface area contributed by atoms with E-state index in [-0.39, 0.29) is 45.9 Å². The average Bonchev–Trinajstić information content (AvgIpc) is 2.74. The van der Waals surface area contributed by atoms with E-state index in [1.54, 1.807) is 0 Å². The lowest BCUT2D eigenvalue weighted by Crippen LogP contribution is -2.24. The summed E-state index contributed by atoms with van der Waals surface area (Å²) in [5.74, 6) is -1.24. The zero-order valence-corrected chi connectivity index (χ0v) is 21.7. The van der Waals surface area contributed by atoms with Crippen molar-refractivity contribution in [3.8, 4) is 17.2 Å². The van der Waals surface area contributed by atoms with Crippen LogP contribution in [0.4, 0.5) is 0 Å². The number of phenolic OH excluding ortho intramolecular Hbond substituents is 3. The molecule has 0 unspecified atom stereocenters. The van der Waals surface area contributed by atoms with Crippen LogP contribution in [0.25, 0.3) is 0 Å². The molecule has 2 aromatic rings. The Balaban J connectivity index is 2.41. The standard InChI is InChI=1S/C30H36O5/c1-15(2)8-11-19-18(7)14-22(31)25-23(19)29(34)24-20(12-9-16(3)4)27(32)21(13-10-17(5)6)28(33)26(24)30(25)35/h8-10,14,29,31-34H,11-13H2,1-7H3/t29-/m0/s1. The van der Waals surface area contributed by atoms with Crippen LogP contribution in [0, 0.1) is 6.92 Å². The Bertz CT molecular complexity index is 1280. The van der Waals surface area contributed by atoms with Crippen molar-refractivity contribution in [1.29, 1.82) is 0 Å². The number of aliphatic hydroxyl groups excluding tert-OH is 1. The number of aromatic hydroxyl groups is 3. The summed E-state index contributed by atoms with van der Waals surface area (Å²) < 4.78 is 0. The van der Waals surface area contributed by atoms with Crippen LogP contribution >= 0.6 is 0 Å². The minimum absolute atomic E-state index is 0.00933. The summed E-state index contributed by atoms with van der Waals surface area (Å²) in [6, 6.07) is 1.54. The van der Waals surface area contributed by atoms with Crippen LogP contribution < -0.4 is 0 Å². The van der Waals surface area contributed by atoms with E-state index in [4.69, 9.17) is 0 Å². The van der Waals surface area contributed by atoms with Gasteiger partial charge in [0.15, 0.2) is 0 Å². The SMILES string of the molecule is CC(C)=CCc1c(O)c(CC=C(C)C)c2c(c1O)C(=O)c1c(O)cc(C)c(CC=C(C)C)c1[C@@H]2O. The highest BCUT2D eigenvalue weighted by atomic mass is 16.3. The second-order valence-electron chi connectivity index (χ2n) is 10.1. The number of ketones is 1. The van der Waals surface area contributed by atoms with Gasteiger partial charge in [-0.1, -0.05) is 34.9 Å². The molecule has 0 aromatic heterocycles. The van der Waals surface area contributed by atoms with Crippen molar-refractivity contribution in [2.24, 2.45) is 0 Å². The molecule has 186 valence electrons. The Morgan fingerprint density at radius 2 is 1.20 bits per heavy atom.